The van der Waals surface area contributed by atoms with Crippen LogP contribution >= 0.6 is 24.0 Å². The molecule has 0 unspecified atom stereocenters. The van der Waals surface area contributed by atoms with Crippen LogP contribution in [0, 0.1) is 0 Å². The molecule has 0 rings (SSSR count). The zero-order valence-electron chi connectivity index (χ0n) is 15.2. The maximum absolute atomic E-state index is 11.0. The Kier molecular flexibility index (Phi) is 19.2. The third kappa shape index (κ3) is 19.9. The SMILES string of the molecule is CCCCOCCCN=C(NCC)NCCOCCS(C)(=O)=O.I. The summed E-state index contributed by atoms with van der Waals surface area (Å²) in [5, 5.41) is 6.31. The zero-order valence-corrected chi connectivity index (χ0v) is 18.3. The van der Waals surface area contributed by atoms with Gasteiger partial charge in [0.1, 0.15) is 9.84 Å². The zero-order chi connectivity index (χ0) is 17.4. The summed E-state index contributed by atoms with van der Waals surface area (Å²) in [6, 6.07) is 0. The van der Waals surface area contributed by atoms with E-state index in [1.807, 2.05) is 6.92 Å². The van der Waals surface area contributed by atoms with Crippen LogP contribution in [-0.2, 0) is 19.3 Å². The lowest BCUT2D eigenvalue weighted by Crippen LogP contribution is -2.39. The molecular formula is C15H34IN3O4S. The molecule has 0 aromatic heterocycles. The molecule has 9 heteroatoms. The van der Waals surface area contributed by atoms with Crippen molar-refractivity contribution in [1.82, 2.24) is 10.6 Å². The van der Waals surface area contributed by atoms with Crippen molar-refractivity contribution >= 4 is 39.8 Å². The Morgan fingerprint density at radius 2 is 1.67 bits per heavy atom. The Labute approximate surface area is 164 Å². The van der Waals surface area contributed by atoms with Gasteiger partial charge in [-0.1, -0.05) is 13.3 Å². The van der Waals surface area contributed by atoms with E-state index in [2.05, 4.69) is 22.5 Å². The smallest absolute Gasteiger partial charge is 0.191 e. The van der Waals surface area contributed by atoms with Crippen LogP contribution in [0.15, 0.2) is 4.99 Å². The van der Waals surface area contributed by atoms with Crippen molar-refractivity contribution < 1.29 is 17.9 Å². The van der Waals surface area contributed by atoms with Crippen LogP contribution < -0.4 is 10.6 Å². The standard InChI is InChI=1S/C15H33N3O4S.HI/c1-4-6-10-21-11-7-8-17-15(16-5-2)18-9-12-22-13-14-23(3,19)20;/h4-14H2,1-3H3,(H2,16,17,18);1H. The van der Waals surface area contributed by atoms with Gasteiger partial charge in [-0.25, -0.2) is 8.42 Å². The fraction of sp³-hybridized carbons (Fsp3) is 0.933. The summed E-state index contributed by atoms with van der Waals surface area (Å²) in [5.74, 6) is 0.798. The Hall–Kier alpha value is -0.130. The maximum Gasteiger partial charge on any atom is 0.191 e. The molecule has 2 N–H and O–H groups in total. The van der Waals surface area contributed by atoms with Gasteiger partial charge in [0, 0.05) is 39.1 Å². The first-order valence-electron chi connectivity index (χ1n) is 8.35. The first-order chi connectivity index (χ1) is 11.0. The van der Waals surface area contributed by atoms with Crippen molar-refractivity contribution in [2.45, 2.75) is 33.1 Å². The molecule has 0 aromatic rings. The van der Waals surface area contributed by atoms with Gasteiger partial charge in [-0.2, -0.15) is 0 Å². The summed E-state index contributed by atoms with van der Waals surface area (Å²) < 4.78 is 32.7. The summed E-state index contributed by atoms with van der Waals surface area (Å²) in [6.07, 6.45) is 4.35. The van der Waals surface area contributed by atoms with Gasteiger partial charge in [-0.05, 0) is 19.8 Å². The molecule has 0 aliphatic rings. The number of unbranched alkanes of at least 4 members (excludes halogenated alkanes) is 1. The van der Waals surface area contributed by atoms with Gasteiger partial charge in [0.25, 0.3) is 0 Å². The molecule has 0 fully saturated rings. The molecule has 0 atom stereocenters. The summed E-state index contributed by atoms with van der Waals surface area (Å²) in [6.45, 7) is 8.46. The van der Waals surface area contributed by atoms with Crippen LogP contribution in [0.3, 0.4) is 0 Å². The molecule has 0 spiro atoms. The average molecular weight is 479 g/mol. The quantitative estimate of drug-likeness (QED) is 0.170. The molecule has 0 aliphatic carbocycles. The summed E-state index contributed by atoms with van der Waals surface area (Å²) >= 11 is 0. The number of sulfone groups is 1. The normalized spacial score (nSPS) is 11.9. The minimum atomic E-state index is -2.95. The van der Waals surface area contributed by atoms with Gasteiger partial charge in [0.2, 0.25) is 0 Å². The molecule has 7 nitrogen and oxygen atoms in total. The van der Waals surface area contributed by atoms with Crippen LogP contribution in [-0.4, -0.2) is 72.4 Å². The molecule has 0 amide bonds. The largest absolute Gasteiger partial charge is 0.381 e. The van der Waals surface area contributed by atoms with E-state index in [9.17, 15) is 8.42 Å². The third-order valence-electron chi connectivity index (χ3n) is 2.84. The van der Waals surface area contributed by atoms with Crippen LogP contribution in [0.4, 0.5) is 0 Å². The van der Waals surface area contributed by atoms with Crippen molar-refractivity contribution in [2.75, 3.05) is 58.1 Å². The number of aliphatic imine (C=N–C) groups is 1. The highest BCUT2D eigenvalue weighted by Gasteiger charge is 2.01. The molecule has 0 bridgehead atoms. The van der Waals surface area contributed by atoms with Gasteiger partial charge in [0.05, 0.1) is 19.0 Å². The predicted molar refractivity (Wildman–Crippen MR) is 110 cm³/mol. The molecule has 0 aliphatic heterocycles. The molecule has 0 saturated carbocycles. The number of hydrogen-bond acceptors (Lipinski definition) is 5. The van der Waals surface area contributed by atoms with Crippen molar-refractivity contribution in [1.29, 1.82) is 0 Å². The summed E-state index contributed by atoms with van der Waals surface area (Å²) in [4.78, 5) is 4.45. The Morgan fingerprint density at radius 1 is 1.00 bits per heavy atom. The second-order valence-corrected chi connectivity index (χ2v) is 7.51. The minimum Gasteiger partial charge on any atom is -0.381 e. The number of rotatable bonds is 14. The van der Waals surface area contributed by atoms with E-state index >= 15 is 0 Å². The number of guanidine groups is 1. The number of hydrogen-bond donors (Lipinski definition) is 2. The Bertz CT molecular complexity index is 406. The lowest BCUT2D eigenvalue weighted by atomic mass is 10.4. The molecular weight excluding hydrogens is 445 g/mol. The predicted octanol–water partition coefficient (Wildman–Crippen LogP) is 1.43. The van der Waals surface area contributed by atoms with Gasteiger partial charge < -0.3 is 20.1 Å². The highest BCUT2D eigenvalue weighted by atomic mass is 127. The Morgan fingerprint density at radius 3 is 2.29 bits per heavy atom. The maximum atomic E-state index is 11.0. The minimum absolute atomic E-state index is 0. The molecule has 24 heavy (non-hydrogen) atoms. The van der Waals surface area contributed by atoms with Gasteiger partial charge in [0.15, 0.2) is 5.96 Å². The third-order valence-corrected chi connectivity index (χ3v) is 3.75. The fourth-order valence-corrected chi connectivity index (χ4v) is 2.02. The van der Waals surface area contributed by atoms with Gasteiger partial charge in [-0.3, -0.25) is 4.99 Å². The second-order valence-electron chi connectivity index (χ2n) is 5.25. The average Bonchev–Trinajstić information content (AvgIpc) is 2.48. The van der Waals surface area contributed by atoms with Crippen molar-refractivity contribution in [3.8, 4) is 0 Å². The highest BCUT2D eigenvalue weighted by Crippen LogP contribution is 1.90. The molecule has 0 heterocycles. The first-order valence-corrected chi connectivity index (χ1v) is 10.4. The van der Waals surface area contributed by atoms with Crippen molar-refractivity contribution in [3.63, 3.8) is 0 Å². The van der Waals surface area contributed by atoms with Gasteiger partial charge >= 0.3 is 0 Å². The van der Waals surface area contributed by atoms with E-state index in [-0.39, 0.29) is 36.3 Å². The van der Waals surface area contributed by atoms with Crippen LogP contribution in [0.25, 0.3) is 0 Å². The molecule has 146 valence electrons. The second kappa shape index (κ2) is 17.7. The molecule has 0 saturated heterocycles. The van der Waals surface area contributed by atoms with E-state index in [1.165, 1.54) is 6.26 Å². The highest BCUT2D eigenvalue weighted by molar-refractivity contribution is 14.0. The first kappa shape index (κ1) is 26.1. The lowest BCUT2D eigenvalue weighted by molar-refractivity contribution is 0.130. The van der Waals surface area contributed by atoms with E-state index in [0.29, 0.717) is 19.7 Å². The lowest BCUT2D eigenvalue weighted by Gasteiger charge is -2.11. The summed E-state index contributed by atoms with van der Waals surface area (Å²) in [5.41, 5.74) is 0. The van der Waals surface area contributed by atoms with Gasteiger partial charge in [-0.15, -0.1) is 24.0 Å². The van der Waals surface area contributed by atoms with Crippen LogP contribution in [0.2, 0.25) is 0 Å². The van der Waals surface area contributed by atoms with Crippen molar-refractivity contribution in [3.05, 3.63) is 0 Å². The van der Waals surface area contributed by atoms with Crippen molar-refractivity contribution in [2.24, 2.45) is 4.99 Å². The summed E-state index contributed by atoms with van der Waals surface area (Å²) in [7, 11) is -2.95. The van der Waals surface area contributed by atoms with E-state index in [4.69, 9.17) is 9.47 Å². The molecule has 0 radical (unpaired) electrons. The van der Waals surface area contributed by atoms with E-state index in [0.717, 1.165) is 45.0 Å². The van der Waals surface area contributed by atoms with Crippen LogP contribution in [0.1, 0.15) is 33.1 Å². The Balaban J connectivity index is 0. The topological polar surface area (TPSA) is 89.0 Å². The fourth-order valence-electron chi connectivity index (χ4n) is 1.60. The van der Waals surface area contributed by atoms with Crippen LogP contribution in [0.5, 0.6) is 0 Å². The monoisotopic (exact) mass is 479 g/mol. The van der Waals surface area contributed by atoms with E-state index < -0.39 is 9.84 Å². The number of nitrogens with one attached hydrogen (secondary N) is 2. The number of nitrogens with zero attached hydrogens (tertiary/aromatic N) is 1. The molecule has 0 aromatic carbocycles. The number of ether oxygens (including phenoxy) is 2. The van der Waals surface area contributed by atoms with E-state index in [1.54, 1.807) is 0 Å². The number of halogens is 1.